The van der Waals surface area contributed by atoms with Crippen molar-refractivity contribution in [2.75, 3.05) is 11.4 Å². The number of aromatic hydroxyl groups is 1. The van der Waals surface area contributed by atoms with Gasteiger partial charge in [-0.3, -0.25) is 9.78 Å². The first-order valence-corrected chi connectivity index (χ1v) is 6.72. The summed E-state index contributed by atoms with van der Waals surface area (Å²) in [7, 11) is 0. The van der Waals surface area contributed by atoms with Crippen LogP contribution in [-0.4, -0.2) is 22.5 Å². The van der Waals surface area contributed by atoms with Gasteiger partial charge in [-0.25, -0.2) is 0 Å². The van der Waals surface area contributed by atoms with Gasteiger partial charge in [0.2, 0.25) is 5.91 Å². The maximum atomic E-state index is 12.1. The first-order valence-electron chi connectivity index (χ1n) is 6.72. The number of nitrogens with zero attached hydrogens (tertiary/aromatic N) is 2. The lowest BCUT2D eigenvalue weighted by molar-refractivity contribution is -0.117. The predicted molar refractivity (Wildman–Crippen MR) is 76.5 cm³/mol. The topological polar surface area (TPSA) is 53.4 Å². The molecule has 1 aliphatic heterocycles. The van der Waals surface area contributed by atoms with Crippen molar-refractivity contribution in [2.24, 2.45) is 5.92 Å². The molecule has 2 heterocycles. The molecule has 1 saturated heterocycles. The summed E-state index contributed by atoms with van der Waals surface area (Å²) in [4.78, 5) is 18.1. The van der Waals surface area contributed by atoms with Crippen LogP contribution in [0.1, 0.15) is 12.1 Å². The molecule has 4 heteroatoms. The van der Waals surface area contributed by atoms with E-state index in [1.807, 2.05) is 35.2 Å². The van der Waals surface area contributed by atoms with E-state index in [0.717, 1.165) is 5.69 Å². The number of aromatic nitrogens is 1. The van der Waals surface area contributed by atoms with Crippen molar-refractivity contribution in [1.82, 2.24) is 4.98 Å². The summed E-state index contributed by atoms with van der Waals surface area (Å²) in [5.41, 5.74) is 1.60. The molecule has 1 aromatic carbocycles. The summed E-state index contributed by atoms with van der Waals surface area (Å²) in [5, 5.41) is 9.76. The molecule has 0 bridgehead atoms. The Balaban J connectivity index is 1.73. The number of hydrogen-bond acceptors (Lipinski definition) is 3. The predicted octanol–water partition coefficient (Wildman–Crippen LogP) is 2.38. The van der Waals surface area contributed by atoms with Crippen LogP contribution in [0, 0.1) is 5.92 Å². The smallest absolute Gasteiger partial charge is 0.227 e. The fourth-order valence-corrected chi connectivity index (χ4v) is 2.64. The maximum absolute atomic E-state index is 12.1. The third-order valence-corrected chi connectivity index (χ3v) is 3.62. The molecule has 0 aliphatic carbocycles. The van der Waals surface area contributed by atoms with Gasteiger partial charge in [-0.1, -0.05) is 18.2 Å². The van der Waals surface area contributed by atoms with Gasteiger partial charge in [-0.05, 0) is 36.6 Å². The van der Waals surface area contributed by atoms with Crippen LogP contribution in [0.2, 0.25) is 0 Å². The summed E-state index contributed by atoms with van der Waals surface area (Å²) in [6.45, 7) is 0.679. The second kappa shape index (κ2) is 5.33. The second-order valence-electron chi connectivity index (χ2n) is 5.08. The summed E-state index contributed by atoms with van der Waals surface area (Å²) < 4.78 is 0. The Morgan fingerprint density at radius 2 is 2.00 bits per heavy atom. The zero-order chi connectivity index (χ0) is 13.9. The summed E-state index contributed by atoms with van der Waals surface area (Å²) in [5.74, 6) is 0.540. The van der Waals surface area contributed by atoms with E-state index in [1.165, 1.54) is 0 Å². The van der Waals surface area contributed by atoms with E-state index in [0.29, 0.717) is 25.1 Å². The molecular weight excluding hydrogens is 252 g/mol. The van der Waals surface area contributed by atoms with E-state index in [2.05, 4.69) is 4.98 Å². The van der Waals surface area contributed by atoms with Gasteiger partial charge < -0.3 is 10.0 Å². The van der Waals surface area contributed by atoms with Crippen LogP contribution >= 0.6 is 0 Å². The highest BCUT2D eigenvalue weighted by atomic mass is 16.3. The Labute approximate surface area is 117 Å². The van der Waals surface area contributed by atoms with E-state index >= 15 is 0 Å². The van der Waals surface area contributed by atoms with Crippen molar-refractivity contribution in [3.63, 3.8) is 0 Å². The zero-order valence-electron chi connectivity index (χ0n) is 11.1. The van der Waals surface area contributed by atoms with Crippen molar-refractivity contribution < 1.29 is 9.90 Å². The fraction of sp³-hybridized carbons (Fsp3) is 0.250. The number of hydrogen-bond donors (Lipinski definition) is 1. The van der Waals surface area contributed by atoms with Crippen LogP contribution in [0.4, 0.5) is 5.69 Å². The fourth-order valence-electron chi connectivity index (χ4n) is 2.64. The van der Waals surface area contributed by atoms with Gasteiger partial charge >= 0.3 is 0 Å². The highest BCUT2D eigenvalue weighted by Crippen LogP contribution is 2.28. The molecule has 1 aromatic heterocycles. The number of rotatable bonds is 3. The highest BCUT2D eigenvalue weighted by Gasteiger charge is 2.31. The van der Waals surface area contributed by atoms with Crippen LogP contribution in [-0.2, 0) is 11.2 Å². The largest absolute Gasteiger partial charge is 0.506 e. The number of pyridine rings is 1. The first-order chi connectivity index (χ1) is 9.74. The van der Waals surface area contributed by atoms with Gasteiger partial charge in [0, 0.05) is 24.8 Å². The Bertz CT molecular complexity index is 613. The molecule has 1 aliphatic rings. The molecule has 2 aromatic rings. The van der Waals surface area contributed by atoms with E-state index in [9.17, 15) is 9.90 Å². The van der Waals surface area contributed by atoms with Crippen LogP contribution in [0.15, 0.2) is 48.7 Å². The maximum Gasteiger partial charge on any atom is 0.227 e. The molecule has 1 amide bonds. The average molecular weight is 268 g/mol. The number of carbonyl (C=O) groups is 1. The lowest BCUT2D eigenvalue weighted by Gasteiger charge is -2.16. The Morgan fingerprint density at radius 1 is 1.20 bits per heavy atom. The van der Waals surface area contributed by atoms with Crippen LogP contribution in [0.25, 0.3) is 0 Å². The standard InChI is InChI=1S/C16H16N2O2/c19-15-7-4-8-17-14(15)9-12-10-16(20)18(11-12)13-5-2-1-3-6-13/h1-8,12,19H,9-11H2/t12-/m0/s1. The minimum atomic E-state index is 0.136. The monoisotopic (exact) mass is 268 g/mol. The molecule has 102 valence electrons. The van der Waals surface area contributed by atoms with Crippen molar-refractivity contribution >= 4 is 11.6 Å². The van der Waals surface area contributed by atoms with Gasteiger partial charge in [0.25, 0.3) is 0 Å². The lowest BCUT2D eigenvalue weighted by atomic mass is 10.0. The Kier molecular flexibility index (Phi) is 3.37. The first kappa shape index (κ1) is 12.7. The molecule has 4 nitrogen and oxygen atoms in total. The molecule has 1 fully saturated rings. The molecule has 3 rings (SSSR count). The summed E-state index contributed by atoms with van der Waals surface area (Å²) in [6, 6.07) is 13.0. The number of amides is 1. The quantitative estimate of drug-likeness (QED) is 0.930. The molecule has 0 unspecified atom stereocenters. The lowest BCUT2D eigenvalue weighted by Crippen LogP contribution is -2.24. The third kappa shape index (κ3) is 2.50. The molecule has 0 spiro atoms. The van der Waals surface area contributed by atoms with Crippen molar-refractivity contribution in [3.05, 3.63) is 54.4 Å². The molecule has 0 radical (unpaired) electrons. The minimum Gasteiger partial charge on any atom is -0.506 e. The average Bonchev–Trinajstić information content (AvgIpc) is 2.83. The zero-order valence-corrected chi connectivity index (χ0v) is 11.1. The van der Waals surface area contributed by atoms with Gasteiger partial charge in [0.1, 0.15) is 5.75 Å². The van der Waals surface area contributed by atoms with Gasteiger partial charge in [0.15, 0.2) is 0 Å². The SMILES string of the molecule is O=C1C[C@H](Cc2ncccc2O)CN1c1ccccc1. The Hall–Kier alpha value is -2.36. The highest BCUT2D eigenvalue weighted by molar-refractivity contribution is 5.95. The summed E-state index contributed by atoms with van der Waals surface area (Å²) >= 11 is 0. The number of anilines is 1. The molecule has 1 atom stereocenters. The van der Waals surface area contributed by atoms with E-state index in [4.69, 9.17) is 0 Å². The van der Waals surface area contributed by atoms with Gasteiger partial charge in [-0.15, -0.1) is 0 Å². The molecule has 20 heavy (non-hydrogen) atoms. The van der Waals surface area contributed by atoms with Crippen molar-refractivity contribution in [3.8, 4) is 5.75 Å². The third-order valence-electron chi connectivity index (χ3n) is 3.62. The second-order valence-corrected chi connectivity index (χ2v) is 5.08. The number of carbonyl (C=O) groups excluding carboxylic acids is 1. The normalized spacial score (nSPS) is 18.5. The molecular formula is C16H16N2O2. The molecule has 0 saturated carbocycles. The number of para-hydroxylation sites is 1. The van der Waals surface area contributed by atoms with Crippen LogP contribution < -0.4 is 4.90 Å². The van der Waals surface area contributed by atoms with E-state index in [1.54, 1.807) is 18.3 Å². The van der Waals surface area contributed by atoms with E-state index in [-0.39, 0.29) is 17.6 Å². The minimum absolute atomic E-state index is 0.136. The Morgan fingerprint density at radius 3 is 2.75 bits per heavy atom. The van der Waals surface area contributed by atoms with Crippen LogP contribution in [0.3, 0.4) is 0 Å². The van der Waals surface area contributed by atoms with Gasteiger partial charge in [-0.2, -0.15) is 0 Å². The molecule has 1 N–H and O–H groups in total. The summed E-state index contributed by atoms with van der Waals surface area (Å²) in [6.07, 6.45) is 2.80. The van der Waals surface area contributed by atoms with Crippen LogP contribution in [0.5, 0.6) is 5.75 Å². The van der Waals surface area contributed by atoms with Gasteiger partial charge in [0.05, 0.1) is 5.69 Å². The van der Waals surface area contributed by atoms with Crippen molar-refractivity contribution in [2.45, 2.75) is 12.8 Å². The van der Waals surface area contributed by atoms with E-state index < -0.39 is 0 Å². The number of benzene rings is 1. The van der Waals surface area contributed by atoms with Crippen molar-refractivity contribution in [1.29, 1.82) is 0 Å².